The molecule has 1 aromatic carbocycles. The molecule has 0 spiro atoms. The van der Waals surface area contributed by atoms with Crippen LogP contribution in [0.5, 0.6) is 23.0 Å². The molecule has 0 N–H and O–H groups in total. The summed E-state index contributed by atoms with van der Waals surface area (Å²) >= 11 is 0. The fourth-order valence-corrected chi connectivity index (χ4v) is 1.82. The average molecular weight is 289 g/mol. The van der Waals surface area contributed by atoms with Gasteiger partial charge >= 0.3 is 0 Å². The van der Waals surface area contributed by atoms with Gasteiger partial charge in [0.05, 0.1) is 18.0 Å². The minimum Gasteiger partial charge on any atom is -0.456 e. The first kappa shape index (κ1) is 13.6. The van der Waals surface area contributed by atoms with Crippen LogP contribution in [0, 0.1) is 11.3 Å². The van der Waals surface area contributed by atoms with Gasteiger partial charge in [0.15, 0.2) is 0 Å². The summed E-state index contributed by atoms with van der Waals surface area (Å²) in [4.78, 5) is 7.97. The first-order chi connectivity index (χ1) is 10.8. The highest BCUT2D eigenvalue weighted by Gasteiger charge is 2.08. The van der Waals surface area contributed by atoms with E-state index in [0.29, 0.717) is 28.6 Å². The van der Waals surface area contributed by atoms with Crippen molar-refractivity contribution in [2.24, 2.45) is 0 Å². The number of nitrogens with zero attached hydrogens (tertiary/aromatic N) is 3. The van der Waals surface area contributed by atoms with Gasteiger partial charge in [-0.2, -0.15) is 5.26 Å². The Kier molecular flexibility index (Phi) is 3.94. The van der Waals surface area contributed by atoms with Crippen molar-refractivity contribution in [3.63, 3.8) is 0 Å². The number of benzene rings is 1. The van der Waals surface area contributed by atoms with Gasteiger partial charge in [0.2, 0.25) is 0 Å². The molecule has 0 fully saturated rings. The molecule has 0 saturated carbocycles. The molecule has 0 atom stereocenters. The molecule has 0 aliphatic heterocycles. The molecule has 0 unspecified atom stereocenters. The first-order valence-electron chi connectivity index (χ1n) is 6.55. The van der Waals surface area contributed by atoms with Crippen LogP contribution in [0.25, 0.3) is 0 Å². The number of hydrogen-bond acceptors (Lipinski definition) is 5. The monoisotopic (exact) mass is 289 g/mol. The number of rotatable bonds is 4. The Balaban J connectivity index is 1.88. The third-order valence-corrected chi connectivity index (χ3v) is 2.81. The number of ether oxygens (including phenoxy) is 2. The number of aromatic nitrogens is 2. The van der Waals surface area contributed by atoms with Gasteiger partial charge in [-0.1, -0.05) is 0 Å². The second kappa shape index (κ2) is 6.37. The maximum atomic E-state index is 9.18. The largest absolute Gasteiger partial charge is 0.456 e. The normalized spacial score (nSPS) is 9.77. The summed E-state index contributed by atoms with van der Waals surface area (Å²) in [5.74, 6) is 2.14. The van der Waals surface area contributed by atoms with Gasteiger partial charge in [-0.25, -0.2) is 0 Å². The van der Waals surface area contributed by atoms with E-state index < -0.39 is 0 Å². The quantitative estimate of drug-likeness (QED) is 0.727. The fraction of sp³-hybridized carbons (Fsp3) is 0. The van der Waals surface area contributed by atoms with E-state index in [1.165, 1.54) is 0 Å². The lowest BCUT2D eigenvalue weighted by Crippen LogP contribution is -1.91. The molecule has 0 saturated heterocycles. The summed E-state index contributed by atoms with van der Waals surface area (Å²) in [6.45, 7) is 0. The Labute approximate surface area is 127 Å². The predicted octanol–water partition coefficient (Wildman–Crippen LogP) is 3.93. The molecule has 106 valence electrons. The highest BCUT2D eigenvalue weighted by Crippen LogP contribution is 2.30. The summed E-state index contributed by atoms with van der Waals surface area (Å²) in [6.07, 6.45) is 6.51. The highest BCUT2D eigenvalue weighted by molar-refractivity contribution is 5.49. The van der Waals surface area contributed by atoms with Crippen LogP contribution < -0.4 is 9.47 Å². The lowest BCUT2D eigenvalue weighted by atomic mass is 10.2. The zero-order valence-corrected chi connectivity index (χ0v) is 11.5. The molecular weight excluding hydrogens is 278 g/mol. The van der Waals surface area contributed by atoms with Crippen LogP contribution in [0.1, 0.15) is 5.56 Å². The lowest BCUT2D eigenvalue weighted by molar-refractivity contribution is 0.457. The topological polar surface area (TPSA) is 68.0 Å². The van der Waals surface area contributed by atoms with Crippen LogP contribution in [-0.4, -0.2) is 9.97 Å². The molecule has 0 aliphatic carbocycles. The fourth-order valence-electron chi connectivity index (χ4n) is 1.82. The van der Waals surface area contributed by atoms with E-state index in [-0.39, 0.29) is 0 Å². The number of hydrogen-bond donors (Lipinski definition) is 0. The minimum atomic E-state index is 0.414. The Morgan fingerprint density at radius 1 is 0.818 bits per heavy atom. The Bertz CT molecular complexity index is 799. The molecular formula is C17H11N3O2. The second-order valence-electron chi connectivity index (χ2n) is 4.35. The molecule has 22 heavy (non-hydrogen) atoms. The van der Waals surface area contributed by atoms with E-state index in [1.54, 1.807) is 67.3 Å². The Morgan fingerprint density at radius 2 is 1.50 bits per heavy atom. The van der Waals surface area contributed by atoms with Crippen LogP contribution in [0.2, 0.25) is 0 Å². The summed E-state index contributed by atoms with van der Waals surface area (Å²) in [5, 5.41) is 9.18. The average Bonchev–Trinajstić information content (AvgIpc) is 2.57. The SMILES string of the molecule is N#Cc1ccc(Oc2cccnc2)cc1Oc1cccnc1. The third kappa shape index (κ3) is 3.19. The maximum absolute atomic E-state index is 9.18. The van der Waals surface area contributed by atoms with Crippen LogP contribution in [0.3, 0.4) is 0 Å². The highest BCUT2D eigenvalue weighted by atomic mass is 16.5. The molecule has 3 aromatic rings. The third-order valence-electron chi connectivity index (χ3n) is 2.81. The summed E-state index contributed by atoms with van der Waals surface area (Å²) in [6, 6.07) is 14.2. The van der Waals surface area contributed by atoms with Crippen molar-refractivity contribution in [1.82, 2.24) is 9.97 Å². The zero-order valence-electron chi connectivity index (χ0n) is 11.5. The molecule has 0 bridgehead atoms. The molecule has 3 rings (SSSR count). The summed E-state index contributed by atoms with van der Waals surface area (Å²) < 4.78 is 11.4. The molecule has 5 heteroatoms. The molecule has 5 nitrogen and oxygen atoms in total. The van der Waals surface area contributed by atoms with Crippen LogP contribution in [0.4, 0.5) is 0 Å². The van der Waals surface area contributed by atoms with E-state index in [1.807, 2.05) is 0 Å². The first-order valence-corrected chi connectivity index (χ1v) is 6.55. The van der Waals surface area contributed by atoms with Gasteiger partial charge in [0, 0.05) is 18.5 Å². The Hall–Kier alpha value is -3.39. The van der Waals surface area contributed by atoms with Crippen molar-refractivity contribution in [3.8, 4) is 29.1 Å². The van der Waals surface area contributed by atoms with Gasteiger partial charge < -0.3 is 9.47 Å². The van der Waals surface area contributed by atoms with E-state index in [2.05, 4.69) is 16.0 Å². The van der Waals surface area contributed by atoms with E-state index in [0.717, 1.165) is 0 Å². The van der Waals surface area contributed by atoms with E-state index in [4.69, 9.17) is 9.47 Å². The van der Waals surface area contributed by atoms with E-state index in [9.17, 15) is 5.26 Å². The van der Waals surface area contributed by atoms with Crippen LogP contribution in [0.15, 0.2) is 67.3 Å². The predicted molar refractivity (Wildman–Crippen MR) is 79.8 cm³/mol. The minimum absolute atomic E-state index is 0.414. The van der Waals surface area contributed by atoms with Crippen molar-refractivity contribution in [3.05, 3.63) is 72.8 Å². The maximum Gasteiger partial charge on any atom is 0.148 e. The van der Waals surface area contributed by atoms with E-state index >= 15 is 0 Å². The van der Waals surface area contributed by atoms with Crippen LogP contribution >= 0.6 is 0 Å². The van der Waals surface area contributed by atoms with Gasteiger partial charge in [0.25, 0.3) is 0 Å². The second-order valence-corrected chi connectivity index (χ2v) is 4.35. The molecule has 2 heterocycles. The van der Waals surface area contributed by atoms with Gasteiger partial charge in [-0.3, -0.25) is 9.97 Å². The Morgan fingerprint density at radius 3 is 2.09 bits per heavy atom. The van der Waals surface area contributed by atoms with Gasteiger partial charge in [-0.15, -0.1) is 0 Å². The molecule has 2 aromatic heterocycles. The van der Waals surface area contributed by atoms with Crippen LogP contribution in [-0.2, 0) is 0 Å². The number of nitriles is 1. The standard InChI is InChI=1S/C17H11N3O2/c18-10-13-5-6-14(21-15-3-1-7-19-11-15)9-17(13)22-16-4-2-8-20-12-16/h1-9,11-12H. The zero-order chi connectivity index (χ0) is 15.2. The molecule has 0 radical (unpaired) electrons. The van der Waals surface area contributed by atoms with Crippen molar-refractivity contribution >= 4 is 0 Å². The van der Waals surface area contributed by atoms with Crippen molar-refractivity contribution in [2.45, 2.75) is 0 Å². The lowest BCUT2D eigenvalue weighted by Gasteiger charge is -2.10. The number of pyridine rings is 2. The summed E-state index contributed by atoms with van der Waals surface area (Å²) in [7, 11) is 0. The van der Waals surface area contributed by atoms with Crippen molar-refractivity contribution in [1.29, 1.82) is 5.26 Å². The smallest absolute Gasteiger partial charge is 0.148 e. The van der Waals surface area contributed by atoms with Gasteiger partial charge in [0.1, 0.15) is 29.1 Å². The summed E-state index contributed by atoms with van der Waals surface area (Å²) in [5.41, 5.74) is 0.419. The van der Waals surface area contributed by atoms with Crippen molar-refractivity contribution in [2.75, 3.05) is 0 Å². The molecule has 0 amide bonds. The van der Waals surface area contributed by atoms with Gasteiger partial charge in [-0.05, 0) is 36.4 Å². The molecule has 0 aliphatic rings. The van der Waals surface area contributed by atoms with Crippen molar-refractivity contribution < 1.29 is 9.47 Å².